The fourth-order valence-electron chi connectivity index (χ4n) is 4.10. The van der Waals surface area contributed by atoms with Gasteiger partial charge in [-0.15, -0.1) is 0 Å². The lowest BCUT2D eigenvalue weighted by atomic mass is 10.1. The third-order valence-corrected chi connectivity index (χ3v) is 6.52. The van der Waals surface area contributed by atoms with Crippen molar-refractivity contribution in [3.8, 4) is 0 Å². The summed E-state index contributed by atoms with van der Waals surface area (Å²) in [6.45, 7) is 4.49. The second kappa shape index (κ2) is 36.6. The number of hydrogen-bond donors (Lipinski definition) is 2. The second-order valence-corrected chi connectivity index (χ2v) is 10.5. The Morgan fingerprint density at radius 1 is 0.475 bits per heavy atom. The SMILES string of the molecule is CCCCC/C=C\C/C=C\CCCCCCCC(=O)O.CCCCCCCCCCCC=CC=CC=CC(=O)O. The minimum atomic E-state index is -0.909. The molecule has 40 heavy (non-hydrogen) atoms. The van der Waals surface area contributed by atoms with Crippen LogP contribution in [0.4, 0.5) is 0 Å². The molecule has 0 aliphatic heterocycles. The number of aliphatic carboxylic acids is 2. The summed E-state index contributed by atoms with van der Waals surface area (Å²) >= 11 is 0. The first-order valence-corrected chi connectivity index (χ1v) is 16.3. The summed E-state index contributed by atoms with van der Waals surface area (Å²) in [6, 6.07) is 0. The lowest BCUT2D eigenvalue weighted by molar-refractivity contribution is -0.137. The molecule has 4 nitrogen and oxygen atoms in total. The molecule has 0 aliphatic rings. The van der Waals surface area contributed by atoms with Crippen molar-refractivity contribution in [1.29, 1.82) is 0 Å². The van der Waals surface area contributed by atoms with Gasteiger partial charge < -0.3 is 10.2 Å². The molecule has 4 heteroatoms. The van der Waals surface area contributed by atoms with Gasteiger partial charge in [0.25, 0.3) is 0 Å². The van der Waals surface area contributed by atoms with Crippen molar-refractivity contribution in [2.45, 2.75) is 155 Å². The van der Waals surface area contributed by atoms with E-state index in [9.17, 15) is 9.59 Å². The van der Waals surface area contributed by atoms with Crippen molar-refractivity contribution in [3.63, 3.8) is 0 Å². The van der Waals surface area contributed by atoms with E-state index in [1.165, 1.54) is 109 Å². The lowest BCUT2D eigenvalue weighted by Crippen LogP contribution is -1.93. The fourth-order valence-corrected chi connectivity index (χ4v) is 4.10. The molecular weight excluding hydrogens is 496 g/mol. The fraction of sp³-hybridized carbons (Fsp3) is 0.667. The van der Waals surface area contributed by atoms with Gasteiger partial charge in [-0.2, -0.15) is 0 Å². The number of carbonyl (C=O) groups is 2. The summed E-state index contributed by atoms with van der Waals surface area (Å²) < 4.78 is 0. The maximum atomic E-state index is 10.3. The third kappa shape index (κ3) is 42.7. The number of carboxylic acids is 2. The van der Waals surface area contributed by atoms with Crippen molar-refractivity contribution in [2.75, 3.05) is 0 Å². The zero-order valence-electron chi connectivity index (χ0n) is 26.0. The molecule has 0 saturated heterocycles. The van der Waals surface area contributed by atoms with Gasteiger partial charge in [0, 0.05) is 12.5 Å². The van der Waals surface area contributed by atoms with E-state index >= 15 is 0 Å². The van der Waals surface area contributed by atoms with Crippen LogP contribution in [0.5, 0.6) is 0 Å². The monoisotopic (exact) mass is 558 g/mol. The highest BCUT2D eigenvalue weighted by atomic mass is 16.4. The highest BCUT2D eigenvalue weighted by Crippen LogP contribution is 2.11. The summed E-state index contributed by atoms with van der Waals surface area (Å²) in [7, 11) is 0. The van der Waals surface area contributed by atoms with Crippen LogP contribution in [-0.2, 0) is 9.59 Å². The molecule has 0 amide bonds. The summed E-state index contributed by atoms with van der Waals surface area (Å²) in [6.07, 6.45) is 46.0. The van der Waals surface area contributed by atoms with Gasteiger partial charge in [0.15, 0.2) is 0 Å². The highest BCUT2D eigenvalue weighted by molar-refractivity contribution is 5.80. The predicted octanol–water partition coefficient (Wildman–Crippen LogP) is 11.5. The van der Waals surface area contributed by atoms with Crippen molar-refractivity contribution in [1.82, 2.24) is 0 Å². The molecule has 0 aromatic carbocycles. The Morgan fingerprint density at radius 2 is 0.900 bits per heavy atom. The van der Waals surface area contributed by atoms with Crippen LogP contribution in [-0.4, -0.2) is 22.2 Å². The molecule has 0 saturated carbocycles. The maximum Gasteiger partial charge on any atom is 0.328 e. The van der Waals surface area contributed by atoms with E-state index in [2.05, 4.69) is 44.2 Å². The average Bonchev–Trinajstić information content (AvgIpc) is 2.93. The average molecular weight is 559 g/mol. The molecule has 0 aliphatic carbocycles. The molecule has 2 N–H and O–H groups in total. The van der Waals surface area contributed by atoms with E-state index in [0.29, 0.717) is 6.42 Å². The minimum absolute atomic E-state index is 0.324. The maximum absolute atomic E-state index is 10.3. The number of unbranched alkanes of at least 4 members (excludes halogenated alkanes) is 17. The Morgan fingerprint density at radius 3 is 1.43 bits per heavy atom. The van der Waals surface area contributed by atoms with Crippen LogP contribution in [0.3, 0.4) is 0 Å². The number of allylic oxidation sites excluding steroid dienone is 9. The molecule has 0 rings (SSSR count). The Labute approximate surface area is 247 Å². The third-order valence-electron chi connectivity index (χ3n) is 6.52. The molecule has 0 aromatic heterocycles. The Hall–Kier alpha value is -2.36. The van der Waals surface area contributed by atoms with Crippen LogP contribution >= 0.6 is 0 Å². The normalized spacial score (nSPS) is 11.8. The van der Waals surface area contributed by atoms with Gasteiger partial charge in [0.2, 0.25) is 0 Å². The molecule has 0 bridgehead atoms. The first-order chi connectivity index (χ1) is 19.5. The van der Waals surface area contributed by atoms with Crippen molar-refractivity contribution in [3.05, 3.63) is 60.8 Å². The van der Waals surface area contributed by atoms with Gasteiger partial charge in [-0.25, -0.2) is 4.79 Å². The number of carboxylic acid groups (broad SMARTS) is 2. The first kappa shape index (κ1) is 39.8. The molecule has 0 aromatic rings. The van der Waals surface area contributed by atoms with Crippen molar-refractivity contribution in [2.24, 2.45) is 0 Å². The Kier molecular flexibility index (Phi) is 36.4. The highest BCUT2D eigenvalue weighted by Gasteiger charge is 1.96. The van der Waals surface area contributed by atoms with E-state index < -0.39 is 11.9 Å². The topological polar surface area (TPSA) is 74.6 Å². The van der Waals surface area contributed by atoms with Gasteiger partial charge in [0.05, 0.1) is 0 Å². The van der Waals surface area contributed by atoms with Crippen LogP contribution in [0.1, 0.15) is 155 Å². The molecule has 0 unspecified atom stereocenters. The Bertz CT molecular complexity index is 685. The molecule has 0 atom stereocenters. The van der Waals surface area contributed by atoms with Crippen molar-refractivity contribution >= 4 is 11.9 Å². The summed E-state index contributed by atoms with van der Waals surface area (Å²) in [5, 5.41) is 16.9. The zero-order valence-corrected chi connectivity index (χ0v) is 26.0. The largest absolute Gasteiger partial charge is 0.481 e. The Balaban J connectivity index is 0. The van der Waals surface area contributed by atoms with Crippen LogP contribution in [0.15, 0.2) is 60.8 Å². The van der Waals surface area contributed by atoms with Gasteiger partial charge in [-0.3, -0.25) is 4.79 Å². The summed E-state index contributed by atoms with van der Waals surface area (Å²) in [4.78, 5) is 20.5. The second-order valence-electron chi connectivity index (χ2n) is 10.5. The van der Waals surface area contributed by atoms with Gasteiger partial charge >= 0.3 is 11.9 Å². The molecule has 230 valence electrons. The smallest absolute Gasteiger partial charge is 0.328 e. The quantitative estimate of drug-likeness (QED) is 0.0455. The van der Waals surface area contributed by atoms with E-state index in [-0.39, 0.29) is 0 Å². The standard InChI is InChI=1S/C18H32O2.C18H30O2/c2*1-2-3-4-5-6-7-8-9-10-11-12-13-14-15-16-17-18(19)20/h6-7,9-10H,2-5,8,11-17H2,1H3,(H,19,20);12-17H,2-11H2,1H3,(H,19,20)/b7-6-,10-9-;. The van der Waals surface area contributed by atoms with Gasteiger partial charge in [-0.1, -0.05) is 152 Å². The van der Waals surface area contributed by atoms with Crippen LogP contribution < -0.4 is 0 Å². The van der Waals surface area contributed by atoms with E-state index in [4.69, 9.17) is 10.2 Å². The molecule has 0 spiro atoms. The molecule has 0 radical (unpaired) electrons. The van der Waals surface area contributed by atoms with E-state index in [1.807, 2.05) is 12.2 Å². The van der Waals surface area contributed by atoms with Crippen molar-refractivity contribution < 1.29 is 19.8 Å². The number of rotatable bonds is 27. The van der Waals surface area contributed by atoms with Gasteiger partial charge in [0.1, 0.15) is 0 Å². The minimum Gasteiger partial charge on any atom is -0.481 e. The summed E-state index contributed by atoms with van der Waals surface area (Å²) in [5.41, 5.74) is 0. The van der Waals surface area contributed by atoms with E-state index in [0.717, 1.165) is 38.2 Å². The first-order valence-electron chi connectivity index (χ1n) is 16.3. The zero-order chi connectivity index (χ0) is 29.8. The number of hydrogen-bond acceptors (Lipinski definition) is 2. The van der Waals surface area contributed by atoms with E-state index in [1.54, 1.807) is 6.08 Å². The van der Waals surface area contributed by atoms with Crippen LogP contribution in [0.25, 0.3) is 0 Å². The summed E-state index contributed by atoms with van der Waals surface area (Å²) in [5.74, 6) is -1.58. The van der Waals surface area contributed by atoms with Crippen LogP contribution in [0, 0.1) is 0 Å². The molecule has 0 fully saturated rings. The molecular formula is C36H62O4. The lowest BCUT2D eigenvalue weighted by Gasteiger charge is -2.00. The van der Waals surface area contributed by atoms with Crippen LogP contribution in [0.2, 0.25) is 0 Å². The van der Waals surface area contributed by atoms with Gasteiger partial charge in [-0.05, 0) is 51.4 Å². The predicted molar refractivity (Wildman–Crippen MR) is 174 cm³/mol. The molecule has 0 heterocycles.